The lowest BCUT2D eigenvalue weighted by atomic mass is 10.2. The number of aromatic nitrogens is 2. The van der Waals surface area contributed by atoms with E-state index in [0.717, 1.165) is 19.1 Å². The van der Waals surface area contributed by atoms with Crippen molar-refractivity contribution in [3.63, 3.8) is 0 Å². The average Bonchev–Trinajstić information content (AvgIpc) is 2.60. The number of halogens is 2. The van der Waals surface area contributed by atoms with Gasteiger partial charge in [0, 0.05) is 22.4 Å². The van der Waals surface area contributed by atoms with Crippen LogP contribution in [0.4, 0.5) is 5.69 Å². The van der Waals surface area contributed by atoms with E-state index in [1.807, 2.05) is 0 Å². The molecule has 2 aromatic carbocycles. The number of anilines is 1. The number of hydrogen-bond donors (Lipinski definition) is 2. The van der Waals surface area contributed by atoms with E-state index in [1.165, 1.54) is 36.7 Å². The molecule has 3 aromatic rings. The summed E-state index contributed by atoms with van der Waals surface area (Å²) in [5.74, 6) is -1.69. The van der Waals surface area contributed by atoms with Gasteiger partial charge in [0.1, 0.15) is 5.78 Å². The summed E-state index contributed by atoms with van der Waals surface area (Å²) in [6, 6.07) is 7.96. The smallest absolute Gasteiger partial charge is 0.323 e. The molecule has 3 rings (SSSR count). The Labute approximate surface area is 171 Å². The summed E-state index contributed by atoms with van der Waals surface area (Å²) >= 11 is 11.8. The molecule has 0 aliphatic heterocycles. The second-order valence-electron chi connectivity index (χ2n) is 5.86. The van der Waals surface area contributed by atoms with E-state index in [-0.39, 0.29) is 20.6 Å². The molecule has 148 valence electrons. The molecular weight excluding hydrogens is 448 g/mol. The molecule has 8 nitrogen and oxygen atoms in total. The van der Waals surface area contributed by atoms with Crippen LogP contribution in [0.2, 0.25) is 10.0 Å². The van der Waals surface area contributed by atoms with Crippen molar-refractivity contribution in [3.8, 4) is 0 Å². The third-order valence-corrected chi connectivity index (χ3v) is 7.60. The normalized spacial score (nSPS) is 13.5. The molecule has 0 radical (unpaired) electrons. The van der Waals surface area contributed by atoms with Gasteiger partial charge in [0.2, 0.25) is 0 Å². The molecular formula is C16H14Cl2N3O5PS. The molecule has 0 spiro atoms. The van der Waals surface area contributed by atoms with Gasteiger partial charge in [-0.3, -0.25) is 18.8 Å². The van der Waals surface area contributed by atoms with Gasteiger partial charge in [-0.25, -0.2) is 8.42 Å². The molecule has 0 bridgehead atoms. The Morgan fingerprint density at radius 1 is 1.00 bits per heavy atom. The predicted molar refractivity (Wildman–Crippen MR) is 107 cm³/mol. The number of rotatable bonds is 5. The molecule has 0 amide bonds. The van der Waals surface area contributed by atoms with Crippen molar-refractivity contribution in [3.05, 3.63) is 58.8 Å². The second kappa shape index (κ2) is 7.59. The van der Waals surface area contributed by atoms with Crippen LogP contribution in [0, 0.1) is 0 Å². The molecule has 1 atom stereocenters. The molecule has 0 saturated heterocycles. The zero-order valence-electron chi connectivity index (χ0n) is 14.3. The van der Waals surface area contributed by atoms with Crippen LogP contribution in [0.25, 0.3) is 11.0 Å². The third kappa shape index (κ3) is 4.15. The Balaban J connectivity index is 2.25. The SMILES string of the molecule is CC(N(c1ccc2nccnc2c1)S(=O)(=O)c1cc(Cl)cc(Cl)c1)P(=O)(O)O. The molecule has 1 unspecified atom stereocenters. The van der Waals surface area contributed by atoms with Crippen molar-refractivity contribution in [2.24, 2.45) is 0 Å². The first kappa shape index (κ1) is 21.0. The maximum absolute atomic E-state index is 13.3. The number of nitrogens with zero attached hydrogens (tertiary/aromatic N) is 3. The lowest BCUT2D eigenvalue weighted by Crippen LogP contribution is -2.38. The Bertz CT molecular complexity index is 1180. The van der Waals surface area contributed by atoms with Crippen LogP contribution in [0.1, 0.15) is 6.92 Å². The van der Waals surface area contributed by atoms with Gasteiger partial charge < -0.3 is 9.79 Å². The fourth-order valence-corrected chi connectivity index (χ4v) is 5.95. The lowest BCUT2D eigenvalue weighted by Gasteiger charge is -2.31. The van der Waals surface area contributed by atoms with Gasteiger partial charge in [0.15, 0.2) is 0 Å². The Hall–Kier alpha value is -1.74. The van der Waals surface area contributed by atoms with E-state index in [4.69, 9.17) is 23.2 Å². The first-order valence-electron chi connectivity index (χ1n) is 7.76. The van der Waals surface area contributed by atoms with Crippen LogP contribution < -0.4 is 4.31 Å². The largest absolute Gasteiger partial charge is 0.348 e. The minimum absolute atomic E-state index is 0.0138. The van der Waals surface area contributed by atoms with Gasteiger partial charge in [-0.2, -0.15) is 0 Å². The second-order valence-corrected chi connectivity index (χ2v) is 10.5. The minimum atomic E-state index is -4.83. The van der Waals surface area contributed by atoms with Crippen molar-refractivity contribution in [1.29, 1.82) is 0 Å². The van der Waals surface area contributed by atoms with Crippen LogP contribution >= 0.6 is 30.8 Å². The fraction of sp³-hybridized carbons (Fsp3) is 0.125. The van der Waals surface area contributed by atoms with Crippen molar-refractivity contribution in [2.45, 2.75) is 17.6 Å². The van der Waals surface area contributed by atoms with Crippen LogP contribution in [0.3, 0.4) is 0 Å². The summed E-state index contributed by atoms with van der Waals surface area (Å²) in [5, 5.41) is 0.137. The van der Waals surface area contributed by atoms with Gasteiger partial charge in [-0.15, -0.1) is 0 Å². The van der Waals surface area contributed by atoms with Gasteiger partial charge >= 0.3 is 7.60 Å². The molecule has 2 N–H and O–H groups in total. The molecule has 1 aromatic heterocycles. The highest BCUT2D eigenvalue weighted by Crippen LogP contribution is 2.46. The van der Waals surface area contributed by atoms with Crippen molar-refractivity contribution >= 4 is 57.5 Å². The van der Waals surface area contributed by atoms with E-state index in [0.29, 0.717) is 15.3 Å². The standard InChI is InChI=1S/C16H14Cl2N3O5PS/c1-10(27(22,23)24)21(13-2-3-15-16(9-13)20-5-4-19-15)28(25,26)14-7-11(17)6-12(18)8-14/h2-10H,1H3,(H2,22,23,24). The van der Waals surface area contributed by atoms with Gasteiger partial charge in [-0.1, -0.05) is 23.2 Å². The highest BCUT2D eigenvalue weighted by Gasteiger charge is 2.39. The Morgan fingerprint density at radius 2 is 1.57 bits per heavy atom. The zero-order valence-corrected chi connectivity index (χ0v) is 17.5. The first-order valence-corrected chi connectivity index (χ1v) is 11.6. The van der Waals surface area contributed by atoms with Crippen LogP contribution in [0.15, 0.2) is 53.7 Å². The molecule has 0 fully saturated rings. The summed E-state index contributed by atoms with van der Waals surface area (Å²) in [6.45, 7) is 1.12. The van der Waals surface area contributed by atoms with E-state index in [9.17, 15) is 22.8 Å². The number of fused-ring (bicyclic) bond motifs is 1. The summed E-state index contributed by atoms with van der Waals surface area (Å²) in [4.78, 5) is 27.3. The number of benzene rings is 2. The number of sulfonamides is 1. The quantitative estimate of drug-likeness (QED) is 0.556. The van der Waals surface area contributed by atoms with Gasteiger partial charge in [0.25, 0.3) is 10.0 Å². The lowest BCUT2D eigenvalue weighted by molar-refractivity contribution is 0.361. The molecule has 12 heteroatoms. The van der Waals surface area contributed by atoms with Crippen molar-refractivity contribution in [1.82, 2.24) is 9.97 Å². The molecule has 0 aliphatic carbocycles. The van der Waals surface area contributed by atoms with Crippen molar-refractivity contribution in [2.75, 3.05) is 4.31 Å². The van der Waals surface area contributed by atoms with Crippen LogP contribution in [-0.4, -0.2) is 34.0 Å². The topological polar surface area (TPSA) is 121 Å². The Kier molecular flexibility index (Phi) is 5.69. The summed E-state index contributed by atoms with van der Waals surface area (Å²) in [5.41, 5.74) is 0.875. The predicted octanol–water partition coefficient (Wildman–Crippen LogP) is 3.66. The van der Waals surface area contributed by atoms with E-state index in [2.05, 4.69) is 9.97 Å². The monoisotopic (exact) mass is 461 g/mol. The maximum Gasteiger partial charge on any atom is 0.348 e. The first-order chi connectivity index (χ1) is 13.0. The maximum atomic E-state index is 13.3. The fourth-order valence-electron chi connectivity index (χ4n) is 2.57. The molecule has 0 saturated carbocycles. The van der Waals surface area contributed by atoms with E-state index < -0.39 is 23.4 Å². The van der Waals surface area contributed by atoms with Gasteiger partial charge in [0.05, 0.1) is 21.6 Å². The summed E-state index contributed by atoms with van der Waals surface area (Å²) in [6.07, 6.45) is 2.90. The van der Waals surface area contributed by atoms with Crippen LogP contribution in [0.5, 0.6) is 0 Å². The summed E-state index contributed by atoms with van der Waals surface area (Å²) < 4.78 is 39.2. The number of hydrogen-bond acceptors (Lipinski definition) is 5. The van der Waals surface area contributed by atoms with E-state index in [1.54, 1.807) is 0 Å². The van der Waals surface area contributed by atoms with Crippen molar-refractivity contribution < 1.29 is 22.8 Å². The highest BCUT2D eigenvalue weighted by atomic mass is 35.5. The van der Waals surface area contributed by atoms with Gasteiger partial charge in [-0.05, 0) is 43.3 Å². The van der Waals surface area contributed by atoms with E-state index >= 15 is 0 Å². The molecule has 28 heavy (non-hydrogen) atoms. The summed E-state index contributed by atoms with van der Waals surface area (Å²) in [7, 11) is -9.26. The van der Waals surface area contributed by atoms with Crippen LogP contribution in [-0.2, 0) is 14.6 Å². The highest BCUT2D eigenvalue weighted by molar-refractivity contribution is 7.93. The minimum Gasteiger partial charge on any atom is -0.323 e. The average molecular weight is 462 g/mol. The molecule has 0 aliphatic rings. The zero-order chi connectivity index (χ0) is 20.7. The third-order valence-electron chi connectivity index (χ3n) is 3.93. The Morgan fingerprint density at radius 3 is 2.14 bits per heavy atom. The molecule has 1 heterocycles.